The highest BCUT2D eigenvalue weighted by molar-refractivity contribution is 6.08. The van der Waals surface area contributed by atoms with Gasteiger partial charge >= 0.3 is 0 Å². The van der Waals surface area contributed by atoms with Crippen molar-refractivity contribution in [3.8, 4) is 17.6 Å². The number of hydrogen-bond acceptors (Lipinski definition) is 3. The summed E-state index contributed by atoms with van der Waals surface area (Å²) in [5.74, 6) is 1.51. The van der Waals surface area contributed by atoms with Crippen LogP contribution in [0.4, 0.5) is 0 Å². The Morgan fingerprint density at radius 3 is 2.18 bits per heavy atom. The van der Waals surface area contributed by atoms with Crippen molar-refractivity contribution in [3.63, 3.8) is 0 Å². The van der Waals surface area contributed by atoms with Crippen molar-refractivity contribution < 1.29 is 9.47 Å². The van der Waals surface area contributed by atoms with Crippen LogP contribution in [0, 0.1) is 17.2 Å². The molecule has 0 saturated heterocycles. The molecule has 1 aromatic rings. The summed E-state index contributed by atoms with van der Waals surface area (Å²) in [6, 6.07) is 8.20. The minimum absolute atomic E-state index is 0. The molecule has 0 N–H and O–H groups in total. The van der Waals surface area contributed by atoms with E-state index in [9.17, 15) is 5.26 Å². The Labute approximate surface area is 138 Å². The second kappa shape index (κ2) is 10.2. The lowest BCUT2D eigenvalue weighted by molar-refractivity contribution is 0.344. The predicted molar refractivity (Wildman–Crippen MR) is 94.9 cm³/mol. The van der Waals surface area contributed by atoms with Crippen LogP contribution in [0.1, 0.15) is 47.1 Å². The maximum absolute atomic E-state index is 9.75. The summed E-state index contributed by atoms with van der Waals surface area (Å²) in [6.07, 6.45) is 2.15. The van der Waals surface area contributed by atoms with E-state index in [-0.39, 0.29) is 20.8 Å². The summed E-state index contributed by atoms with van der Waals surface area (Å²) >= 11 is 0. The monoisotopic (exact) mass is 303 g/mol. The van der Waals surface area contributed by atoms with Crippen LogP contribution < -0.4 is 9.47 Å². The van der Waals surface area contributed by atoms with Crippen molar-refractivity contribution in [2.75, 3.05) is 14.2 Å². The summed E-state index contributed by atoms with van der Waals surface area (Å²) < 4.78 is 10.6. The fraction of sp³-hybridized carbons (Fsp3) is 0.611. The second-order valence-electron chi connectivity index (χ2n) is 5.20. The molecule has 0 amide bonds. The van der Waals surface area contributed by atoms with Gasteiger partial charge in [0.05, 0.1) is 33.6 Å². The van der Waals surface area contributed by atoms with E-state index in [0.29, 0.717) is 17.8 Å². The quantitative estimate of drug-likeness (QED) is 0.682. The maximum atomic E-state index is 9.75. The van der Waals surface area contributed by atoms with E-state index >= 15 is 0 Å². The molecular weight excluding hydrogens is 273 g/mol. The molecule has 2 radical (unpaired) electrons. The third kappa shape index (κ3) is 4.43. The molecule has 1 rings (SSSR count). The average molecular weight is 303 g/mol. The lowest BCUT2D eigenvalue weighted by Crippen LogP contribution is -2.30. The lowest BCUT2D eigenvalue weighted by Gasteiger charge is -2.32. The largest absolute Gasteiger partial charge is 0.493 e. The van der Waals surface area contributed by atoms with Crippen LogP contribution in [0.5, 0.6) is 11.5 Å². The summed E-state index contributed by atoms with van der Waals surface area (Å²) in [7, 11) is 8.82. The zero-order valence-electron chi connectivity index (χ0n) is 12.8. The number of nitrogens with zero attached hydrogens (tertiary/aromatic N) is 1. The third-order valence-electron chi connectivity index (χ3n) is 3.86. The Morgan fingerprint density at radius 2 is 1.77 bits per heavy atom. The molecule has 0 aliphatic carbocycles. The van der Waals surface area contributed by atoms with Crippen LogP contribution in [0.3, 0.4) is 0 Å². The summed E-state index contributed by atoms with van der Waals surface area (Å²) in [6.45, 7) is 4.13. The minimum atomic E-state index is -0.543. The Hall–Kier alpha value is -1.63. The molecule has 1 aromatic carbocycles. The molecule has 0 aliphatic rings. The first-order chi connectivity index (χ1) is 9.55. The molecule has 4 heteroatoms. The van der Waals surface area contributed by atoms with E-state index in [1.807, 2.05) is 18.2 Å². The van der Waals surface area contributed by atoms with E-state index in [1.54, 1.807) is 14.2 Å². The fourth-order valence-electron chi connectivity index (χ4n) is 2.51. The van der Waals surface area contributed by atoms with Gasteiger partial charge in [-0.3, -0.25) is 0 Å². The Bertz CT molecular complexity index is 482. The lowest BCUT2D eigenvalue weighted by atomic mass is 9.69. The number of methoxy groups -OCH3 is 2. The first kappa shape index (κ1) is 22.7. The molecule has 122 valence electrons. The Morgan fingerprint density at radius 1 is 1.18 bits per heavy atom. The number of rotatable bonds is 7. The van der Waals surface area contributed by atoms with Gasteiger partial charge in [-0.15, -0.1) is 0 Å². The summed E-state index contributed by atoms with van der Waals surface area (Å²) in [5.41, 5.74) is 0.417. The summed E-state index contributed by atoms with van der Waals surface area (Å²) in [5, 5.41) is 9.75. The van der Waals surface area contributed by atoms with Crippen LogP contribution in [-0.4, -0.2) is 22.1 Å². The smallest absolute Gasteiger partial charge is 0.161 e. The van der Waals surface area contributed by atoms with E-state index in [1.165, 1.54) is 0 Å². The highest BCUT2D eigenvalue weighted by Gasteiger charge is 2.35. The number of nitriles is 1. The Balaban J connectivity index is 0. The van der Waals surface area contributed by atoms with Gasteiger partial charge in [0.2, 0.25) is 0 Å². The van der Waals surface area contributed by atoms with Gasteiger partial charge in [0.1, 0.15) is 0 Å². The second-order valence-corrected chi connectivity index (χ2v) is 5.20. The van der Waals surface area contributed by atoms with Gasteiger partial charge in [-0.25, -0.2) is 0 Å². The topological polar surface area (TPSA) is 42.2 Å². The zero-order valence-corrected chi connectivity index (χ0v) is 12.8. The molecule has 1 unspecified atom stereocenters. The summed E-state index contributed by atoms with van der Waals surface area (Å²) in [4.78, 5) is 0. The maximum Gasteiger partial charge on any atom is 0.161 e. The molecule has 22 heavy (non-hydrogen) atoms. The number of hydrogen-bond donors (Lipinski definition) is 0. The van der Waals surface area contributed by atoms with Gasteiger partial charge < -0.3 is 9.47 Å². The fourth-order valence-corrected chi connectivity index (χ4v) is 2.51. The normalized spacial score (nSPS) is 12.4. The van der Waals surface area contributed by atoms with Crippen molar-refractivity contribution in [3.05, 3.63) is 23.8 Å². The molecule has 0 fully saturated rings. The van der Waals surface area contributed by atoms with Gasteiger partial charge in [0.15, 0.2) is 11.5 Å². The van der Waals surface area contributed by atoms with Crippen molar-refractivity contribution >= 4 is 7.85 Å². The highest BCUT2D eigenvalue weighted by atomic mass is 16.5. The van der Waals surface area contributed by atoms with Crippen LogP contribution in [0.15, 0.2) is 18.2 Å². The van der Waals surface area contributed by atoms with Gasteiger partial charge in [-0.05, 0) is 30.0 Å². The predicted octanol–water partition coefficient (Wildman–Crippen LogP) is 4.76. The van der Waals surface area contributed by atoms with Gasteiger partial charge in [0, 0.05) is 0 Å². The Kier molecular flexibility index (Phi) is 10.5. The van der Waals surface area contributed by atoms with Crippen molar-refractivity contribution in [1.29, 1.82) is 5.26 Å². The first-order valence-electron chi connectivity index (χ1n) is 6.89. The van der Waals surface area contributed by atoms with E-state index < -0.39 is 5.41 Å². The number of ether oxygens (including phenoxy) is 2. The van der Waals surface area contributed by atoms with Crippen molar-refractivity contribution in [2.45, 2.75) is 53.3 Å². The molecule has 0 spiro atoms. The van der Waals surface area contributed by atoms with Gasteiger partial charge in [0.25, 0.3) is 0 Å². The van der Waals surface area contributed by atoms with Crippen LogP contribution >= 0.6 is 0 Å². The first-order valence-corrected chi connectivity index (χ1v) is 6.89. The van der Waals surface area contributed by atoms with Gasteiger partial charge in [-0.2, -0.15) is 5.26 Å². The minimum Gasteiger partial charge on any atom is -0.493 e. The third-order valence-corrected chi connectivity index (χ3v) is 3.86. The van der Waals surface area contributed by atoms with Crippen LogP contribution in [0.25, 0.3) is 0 Å². The SMILES string of the molecule is C.C.[B]CCCC(C#N)(c1ccc(OC)c(OC)c1)C(C)C. The molecule has 0 aliphatic heterocycles. The van der Waals surface area contributed by atoms with E-state index in [2.05, 4.69) is 19.9 Å². The molecule has 0 bridgehead atoms. The molecule has 3 nitrogen and oxygen atoms in total. The van der Waals surface area contributed by atoms with Crippen LogP contribution in [0.2, 0.25) is 6.32 Å². The molecule has 1 atom stereocenters. The number of benzene rings is 1. The van der Waals surface area contributed by atoms with E-state index in [4.69, 9.17) is 17.3 Å². The standard InChI is InChI=1S/C16H22BNO2.2CH4/c1-12(2)16(11-18,8-5-9-17)13-6-7-14(19-3)15(10-13)20-4;;/h6-7,10,12H,5,8-9H2,1-4H3;2*1H4. The average Bonchev–Trinajstić information content (AvgIpc) is 2.47. The van der Waals surface area contributed by atoms with Crippen molar-refractivity contribution in [2.24, 2.45) is 5.92 Å². The van der Waals surface area contributed by atoms with Gasteiger partial charge in [-0.1, -0.05) is 47.5 Å². The van der Waals surface area contributed by atoms with Crippen LogP contribution in [-0.2, 0) is 5.41 Å². The highest BCUT2D eigenvalue weighted by Crippen LogP contribution is 2.40. The van der Waals surface area contributed by atoms with Crippen molar-refractivity contribution in [1.82, 2.24) is 0 Å². The van der Waals surface area contributed by atoms with E-state index in [0.717, 1.165) is 18.4 Å². The molecule has 0 heterocycles. The molecule has 0 saturated carbocycles. The zero-order chi connectivity index (χ0) is 15.2. The molecule has 0 aromatic heterocycles. The molecular formula is C18H30BNO2.